The number of Topliss-reactive ketones (excluding diaryl/α,β-unsaturated/α-hetero) is 1. The number of fused-ring (bicyclic) bond motifs is 1. The maximum Gasteiger partial charge on any atom is 0.227 e. The topological polar surface area (TPSA) is 37.4 Å². The van der Waals surface area contributed by atoms with Crippen LogP contribution in [0.4, 0.5) is 5.69 Å². The van der Waals surface area contributed by atoms with Crippen molar-refractivity contribution in [1.82, 2.24) is 0 Å². The smallest absolute Gasteiger partial charge is 0.227 e. The monoisotopic (exact) mass is 229 g/mol. The van der Waals surface area contributed by atoms with E-state index >= 15 is 0 Å². The van der Waals surface area contributed by atoms with Crippen LogP contribution < -0.4 is 4.90 Å². The molecule has 0 atom stereocenters. The molecule has 0 bridgehead atoms. The number of carbonyl (C=O) groups excluding carboxylic acids is 2. The maximum absolute atomic E-state index is 11.9. The van der Waals surface area contributed by atoms with Crippen LogP contribution in [-0.4, -0.2) is 18.2 Å². The van der Waals surface area contributed by atoms with Gasteiger partial charge in [0.05, 0.1) is 6.54 Å². The number of para-hydroxylation sites is 1. The van der Waals surface area contributed by atoms with Gasteiger partial charge in [-0.2, -0.15) is 0 Å². The first-order valence-corrected chi connectivity index (χ1v) is 6.16. The van der Waals surface area contributed by atoms with Gasteiger partial charge in [-0.05, 0) is 30.9 Å². The molecule has 2 aliphatic rings. The number of benzene rings is 1. The van der Waals surface area contributed by atoms with Gasteiger partial charge in [0.2, 0.25) is 5.91 Å². The highest BCUT2D eigenvalue weighted by atomic mass is 16.2. The fraction of sp³-hybridized carbons (Fsp3) is 0.429. The minimum Gasteiger partial charge on any atom is -0.305 e. The van der Waals surface area contributed by atoms with E-state index in [1.54, 1.807) is 4.90 Å². The molecule has 1 fully saturated rings. The summed E-state index contributed by atoms with van der Waals surface area (Å²) in [6.07, 6.45) is 3.32. The molecular formula is C14H15NO2. The number of anilines is 1. The Hall–Kier alpha value is -1.64. The molecule has 0 unspecified atom stereocenters. The van der Waals surface area contributed by atoms with E-state index in [-0.39, 0.29) is 24.2 Å². The van der Waals surface area contributed by atoms with E-state index in [1.165, 1.54) is 5.56 Å². The van der Waals surface area contributed by atoms with Crippen LogP contribution in [0.25, 0.3) is 0 Å². The highest BCUT2D eigenvalue weighted by molar-refractivity contribution is 6.02. The second-order valence-electron chi connectivity index (χ2n) is 4.85. The zero-order valence-corrected chi connectivity index (χ0v) is 9.69. The van der Waals surface area contributed by atoms with Crippen LogP contribution in [0.15, 0.2) is 24.3 Å². The average Bonchev–Trinajstić information content (AvgIpc) is 3.17. The van der Waals surface area contributed by atoms with Gasteiger partial charge in [0.15, 0.2) is 5.78 Å². The Bertz CT molecular complexity index is 477. The van der Waals surface area contributed by atoms with E-state index < -0.39 is 0 Å². The number of hydrogen-bond acceptors (Lipinski definition) is 2. The first-order valence-electron chi connectivity index (χ1n) is 6.16. The quantitative estimate of drug-likeness (QED) is 0.794. The van der Waals surface area contributed by atoms with Crippen molar-refractivity contribution in [3.63, 3.8) is 0 Å². The van der Waals surface area contributed by atoms with Crippen LogP contribution >= 0.6 is 0 Å². The van der Waals surface area contributed by atoms with Gasteiger partial charge >= 0.3 is 0 Å². The lowest BCUT2D eigenvalue weighted by molar-refractivity contribution is -0.123. The molecule has 1 saturated carbocycles. The summed E-state index contributed by atoms with van der Waals surface area (Å²) >= 11 is 0. The SMILES string of the molecule is O=C(CN1C(=O)CCc2ccccc21)C1CC1. The van der Waals surface area contributed by atoms with Crippen LogP contribution in [0, 0.1) is 5.92 Å². The molecule has 1 aliphatic heterocycles. The van der Waals surface area contributed by atoms with E-state index in [1.807, 2.05) is 24.3 Å². The lowest BCUT2D eigenvalue weighted by atomic mass is 10.0. The molecule has 3 rings (SSSR count). The zero-order valence-electron chi connectivity index (χ0n) is 9.69. The van der Waals surface area contributed by atoms with Crippen LogP contribution in [-0.2, 0) is 16.0 Å². The third kappa shape index (κ3) is 1.97. The summed E-state index contributed by atoms with van der Waals surface area (Å²) in [5, 5.41) is 0. The van der Waals surface area contributed by atoms with Crippen molar-refractivity contribution in [3.05, 3.63) is 29.8 Å². The lowest BCUT2D eigenvalue weighted by Crippen LogP contribution is -2.39. The summed E-state index contributed by atoms with van der Waals surface area (Å²) in [6.45, 7) is 0.264. The molecule has 17 heavy (non-hydrogen) atoms. The van der Waals surface area contributed by atoms with Crippen molar-refractivity contribution in [1.29, 1.82) is 0 Å². The summed E-state index contributed by atoms with van der Waals surface area (Å²) in [6, 6.07) is 7.88. The van der Waals surface area contributed by atoms with Gasteiger partial charge in [0, 0.05) is 18.0 Å². The van der Waals surface area contributed by atoms with Crippen LogP contribution in [0.3, 0.4) is 0 Å². The number of ketones is 1. The van der Waals surface area contributed by atoms with E-state index in [2.05, 4.69) is 0 Å². The fourth-order valence-corrected chi connectivity index (χ4v) is 2.36. The van der Waals surface area contributed by atoms with Crippen molar-refractivity contribution < 1.29 is 9.59 Å². The van der Waals surface area contributed by atoms with Crippen LogP contribution in [0.2, 0.25) is 0 Å². The van der Waals surface area contributed by atoms with Crippen molar-refractivity contribution in [2.45, 2.75) is 25.7 Å². The third-order valence-corrected chi connectivity index (χ3v) is 3.54. The molecule has 0 saturated heterocycles. The number of carbonyl (C=O) groups is 2. The predicted molar refractivity (Wildman–Crippen MR) is 64.8 cm³/mol. The number of hydrogen-bond donors (Lipinski definition) is 0. The summed E-state index contributed by atoms with van der Waals surface area (Å²) < 4.78 is 0. The Labute approximate surface area is 100 Å². The predicted octanol–water partition coefficient (Wildman–Crippen LogP) is 1.94. The number of nitrogens with zero attached hydrogens (tertiary/aromatic N) is 1. The van der Waals surface area contributed by atoms with Crippen LogP contribution in [0.5, 0.6) is 0 Å². The first kappa shape index (κ1) is 10.5. The summed E-state index contributed by atoms with van der Waals surface area (Å²) in [5.41, 5.74) is 2.11. The highest BCUT2D eigenvalue weighted by Crippen LogP contribution is 2.32. The number of aryl methyl sites for hydroxylation is 1. The summed E-state index contributed by atoms with van der Waals surface area (Å²) in [4.78, 5) is 25.4. The highest BCUT2D eigenvalue weighted by Gasteiger charge is 2.33. The molecule has 1 aromatic rings. The Morgan fingerprint density at radius 3 is 2.76 bits per heavy atom. The first-order chi connectivity index (χ1) is 8.25. The van der Waals surface area contributed by atoms with Crippen molar-refractivity contribution >= 4 is 17.4 Å². The third-order valence-electron chi connectivity index (χ3n) is 3.54. The Kier molecular flexibility index (Phi) is 2.46. The summed E-state index contributed by atoms with van der Waals surface area (Å²) in [5.74, 6) is 0.518. The van der Waals surface area contributed by atoms with E-state index in [0.717, 1.165) is 24.9 Å². The summed E-state index contributed by atoms with van der Waals surface area (Å²) in [7, 11) is 0. The van der Waals surface area contributed by atoms with Gasteiger partial charge in [-0.25, -0.2) is 0 Å². The molecular weight excluding hydrogens is 214 g/mol. The lowest BCUT2D eigenvalue weighted by Gasteiger charge is -2.28. The molecule has 1 aromatic carbocycles. The number of rotatable bonds is 3. The van der Waals surface area contributed by atoms with Gasteiger partial charge in [0.25, 0.3) is 0 Å². The molecule has 1 aliphatic carbocycles. The molecule has 0 aromatic heterocycles. The number of amides is 1. The second-order valence-corrected chi connectivity index (χ2v) is 4.85. The molecule has 0 N–H and O–H groups in total. The van der Waals surface area contributed by atoms with Gasteiger partial charge in [0.1, 0.15) is 0 Å². The molecule has 3 heteroatoms. The molecule has 88 valence electrons. The van der Waals surface area contributed by atoms with E-state index in [0.29, 0.717) is 6.42 Å². The minimum atomic E-state index is 0.0812. The van der Waals surface area contributed by atoms with Gasteiger partial charge in [-0.3, -0.25) is 9.59 Å². The molecule has 1 heterocycles. The van der Waals surface area contributed by atoms with Crippen molar-refractivity contribution in [2.24, 2.45) is 5.92 Å². The van der Waals surface area contributed by atoms with E-state index in [9.17, 15) is 9.59 Å². The van der Waals surface area contributed by atoms with Gasteiger partial charge < -0.3 is 4.90 Å². The fourth-order valence-electron chi connectivity index (χ4n) is 2.36. The van der Waals surface area contributed by atoms with Crippen molar-refractivity contribution in [3.8, 4) is 0 Å². The standard InChI is InChI=1S/C14H15NO2/c16-13(11-5-6-11)9-15-12-4-2-1-3-10(12)7-8-14(15)17/h1-4,11H,5-9H2. The van der Waals surface area contributed by atoms with Crippen LogP contribution in [0.1, 0.15) is 24.8 Å². The Morgan fingerprint density at radius 2 is 2.00 bits per heavy atom. The largest absolute Gasteiger partial charge is 0.305 e. The molecule has 3 nitrogen and oxygen atoms in total. The van der Waals surface area contributed by atoms with Gasteiger partial charge in [-0.15, -0.1) is 0 Å². The maximum atomic E-state index is 11.9. The Morgan fingerprint density at radius 1 is 1.24 bits per heavy atom. The molecule has 0 radical (unpaired) electrons. The van der Waals surface area contributed by atoms with Crippen molar-refractivity contribution in [2.75, 3.05) is 11.4 Å². The molecule has 1 amide bonds. The zero-order chi connectivity index (χ0) is 11.8. The molecule has 0 spiro atoms. The minimum absolute atomic E-state index is 0.0812. The Balaban J connectivity index is 1.86. The van der Waals surface area contributed by atoms with E-state index in [4.69, 9.17) is 0 Å². The second kappa shape index (κ2) is 3.99. The normalized spacial score (nSPS) is 19.1. The van der Waals surface area contributed by atoms with Gasteiger partial charge in [-0.1, -0.05) is 18.2 Å². The average molecular weight is 229 g/mol.